The second-order valence-electron chi connectivity index (χ2n) is 6.31. The lowest BCUT2D eigenvalue weighted by molar-refractivity contribution is -0.113. The van der Waals surface area contributed by atoms with E-state index in [1.807, 2.05) is 28.8 Å². The molecule has 0 atom stereocenters. The van der Waals surface area contributed by atoms with Gasteiger partial charge >= 0.3 is 0 Å². The molecule has 28 heavy (non-hydrogen) atoms. The largest absolute Gasteiger partial charge is 0.390 e. The molecule has 0 spiro atoms. The summed E-state index contributed by atoms with van der Waals surface area (Å²) in [5, 5.41) is 12.9. The summed E-state index contributed by atoms with van der Waals surface area (Å²) in [5.74, 6) is -0.222. The van der Waals surface area contributed by atoms with Crippen molar-refractivity contribution in [1.29, 1.82) is 0 Å². The molecule has 0 unspecified atom stereocenters. The number of halogens is 1. The van der Waals surface area contributed by atoms with Gasteiger partial charge in [0.05, 0.1) is 18.1 Å². The number of aliphatic hydroxyl groups is 1. The summed E-state index contributed by atoms with van der Waals surface area (Å²) in [6.45, 7) is 2.38. The second-order valence-corrected chi connectivity index (χ2v) is 7.26. The van der Waals surface area contributed by atoms with Crippen molar-refractivity contribution in [2.24, 2.45) is 0 Å². The number of hydrogen-bond donors (Lipinski definition) is 2. The van der Waals surface area contributed by atoms with Crippen LogP contribution in [0.4, 0.5) is 10.1 Å². The summed E-state index contributed by atoms with van der Waals surface area (Å²) in [6.07, 6.45) is 2.70. The molecule has 0 radical (unpaired) electrons. The lowest BCUT2D eigenvalue weighted by Gasteiger charge is -2.08. The number of rotatable bonds is 8. The van der Waals surface area contributed by atoms with Crippen LogP contribution in [0.2, 0.25) is 0 Å². The van der Waals surface area contributed by atoms with Gasteiger partial charge in [-0.25, -0.2) is 9.37 Å². The molecular weight excluding hydrogens is 377 g/mol. The van der Waals surface area contributed by atoms with Crippen LogP contribution in [-0.2, 0) is 24.4 Å². The maximum atomic E-state index is 13.1. The molecule has 0 aliphatic rings. The number of aliphatic hydroxyl groups excluding tert-OH is 1. The summed E-state index contributed by atoms with van der Waals surface area (Å²) >= 11 is 1.30. The van der Waals surface area contributed by atoms with Crippen molar-refractivity contribution in [2.75, 3.05) is 11.1 Å². The Morgan fingerprint density at radius 2 is 1.82 bits per heavy atom. The Bertz CT molecular complexity index is 924. The minimum Gasteiger partial charge on any atom is -0.390 e. The average Bonchev–Trinajstić information content (AvgIpc) is 3.10. The number of benzene rings is 2. The van der Waals surface area contributed by atoms with Crippen LogP contribution in [0.15, 0.2) is 59.9 Å². The zero-order valence-electron chi connectivity index (χ0n) is 15.6. The highest BCUT2D eigenvalue weighted by atomic mass is 32.2. The van der Waals surface area contributed by atoms with Gasteiger partial charge in [-0.05, 0) is 41.8 Å². The predicted octanol–water partition coefficient (Wildman–Crippen LogP) is 3.86. The summed E-state index contributed by atoms with van der Waals surface area (Å²) in [4.78, 5) is 16.6. The van der Waals surface area contributed by atoms with Crippen molar-refractivity contribution in [1.82, 2.24) is 9.55 Å². The maximum Gasteiger partial charge on any atom is 0.234 e. The molecule has 2 N–H and O–H groups in total. The Hall–Kier alpha value is -2.64. The number of aryl methyl sites for hydroxylation is 1. The maximum absolute atomic E-state index is 13.1. The zero-order chi connectivity index (χ0) is 19.9. The number of anilines is 1. The molecule has 0 saturated heterocycles. The van der Waals surface area contributed by atoms with E-state index in [-0.39, 0.29) is 24.1 Å². The molecule has 7 heteroatoms. The summed E-state index contributed by atoms with van der Waals surface area (Å²) in [6, 6.07) is 14.0. The third kappa shape index (κ3) is 5.43. The van der Waals surface area contributed by atoms with E-state index in [9.17, 15) is 14.3 Å². The van der Waals surface area contributed by atoms with Gasteiger partial charge in [0.15, 0.2) is 5.16 Å². The molecule has 3 aromatic rings. The number of hydrogen-bond acceptors (Lipinski definition) is 4. The van der Waals surface area contributed by atoms with Crippen LogP contribution >= 0.6 is 11.8 Å². The summed E-state index contributed by atoms with van der Waals surface area (Å²) in [7, 11) is 0. The fourth-order valence-electron chi connectivity index (χ4n) is 2.69. The van der Waals surface area contributed by atoms with Crippen LogP contribution in [-0.4, -0.2) is 26.3 Å². The van der Waals surface area contributed by atoms with Crippen LogP contribution < -0.4 is 5.32 Å². The van der Waals surface area contributed by atoms with Crippen molar-refractivity contribution in [3.63, 3.8) is 0 Å². The van der Waals surface area contributed by atoms with E-state index in [0.29, 0.717) is 17.4 Å². The number of carbonyl (C=O) groups is 1. The van der Waals surface area contributed by atoms with E-state index in [2.05, 4.69) is 17.2 Å². The molecule has 2 aromatic carbocycles. The molecule has 1 aromatic heterocycles. The van der Waals surface area contributed by atoms with Gasteiger partial charge in [0.1, 0.15) is 5.82 Å². The molecule has 0 fully saturated rings. The van der Waals surface area contributed by atoms with Crippen molar-refractivity contribution >= 4 is 23.4 Å². The van der Waals surface area contributed by atoms with Crippen LogP contribution in [0.1, 0.15) is 23.7 Å². The third-order valence-electron chi connectivity index (χ3n) is 4.20. The summed E-state index contributed by atoms with van der Waals surface area (Å²) in [5.41, 5.74) is 3.41. The Morgan fingerprint density at radius 3 is 2.46 bits per heavy atom. The van der Waals surface area contributed by atoms with Crippen molar-refractivity contribution in [2.45, 2.75) is 31.7 Å². The first-order chi connectivity index (χ1) is 13.6. The number of thioether (sulfide) groups is 1. The lowest BCUT2D eigenvalue weighted by Crippen LogP contribution is -2.14. The molecule has 0 aliphatic heterocycles. The molecule has 146 valence electrons. The van der Waals surface area contributed by atoms with Crippen molar-refractivity contribution in [3.05, 3.63) is 77.4 Å². The van der Waals surface area contributed by atoms with Gasteiger partial charge in [0.25, 0.3) is 0 Å². The highest BCUT2D eigenvalue weighted by Gasteiger charge is 2.12. The van der Waals surface area contributed by atoms with Crippen LogP contribution in [0.3, 0.4) is 0 Å². The van der Waals surface area contributed by atoms with E-state index in [0.717, 1.165) is 17.7 Å². The van der Waals surface area contributed by atoms with Crippen LogP contribution in [0, 0.1) is 5.82 Å². The molecule has 5 nitrogen and oxygen atoms in total. The van der Waals surface area contributed by atoms with Gasteiger partial charge in [-0.15, -0.1) is 0 Å². The fourth-order valence-corrected chi connectivity index (χ4v) is 3.49. The lowest BCUT2D eigenvalue weighted by atomic mass is 10.1. The van der Waals surface area contributed by atoms with E-state index in [4.69, 9.17) is 0 Å². The number of imidazole rings is 1. The number of nitrogens with zero attached hydrogens (tertiary/aromatic N) is 2. The van der Waals surface area contributed by atoms with Gasteiger partial charge in [-0.3, -0.25) is 4.79 Å². The first-order valence-electron chi connectivity index (χ1n) is 9.00. The normalized spacial score (nSPS) is 10.8. The van der Waals surface area contributed by atoms with E-state index in [1.165, 1.54) is 29.5 Å². The van der Waals surface area contributed by atoms with Gasteiger partial charge in [-0.1, -0.05) is 43.0 Å². The van der Waals surface area contributed by atoms with E-state index >= 15 is 0 Å². The van der Waals surface area contributed by atoms with Gasteiger partial charge < -0.3 is 15.0 Å². The molecular formula is C21H22FN3O2S. The Balaban J connectivity index is 1.63. The zero-order valence-corrected chi connectivity index (χ0v) is 16.4. The van der Waals surface area contributed by atoms with Gasteiger partial charge in [0.2, 0.25) is 5.91 Å². The highest BCUT2D eigenvalue weighted by molar-refractivity contribution is 7.99. The summed E-state index contributed by atoms with van der Waals surface area (Å²) < 4.78 is 14.9. The Labute approximate surface area is 167 Å². The van der Waals surface area contributed by atoms with E-state index < -0.39 is 0 Å². The number of aromatic nitrogens is 2. The van der Waals surface area contributed by atoms with E-state index in [1.54, 1.807) is 18.3 Å². The fraction of sp³-hybridized carbons (Fsp3) is 0.238. The standard InChI is InChI=1S/C21H22FN3O2S/c1-2-15-5-9-18(10-6-15)23-20(27)14-28-21-24-19(13-26)12-25(21)11-16-3-7-17(22)8-4-16/h3-10,12,26H,2,11,13-14H2,1H3,(H,23,27). The minimum absolute atomic E-state index is 0.129. The predicted molar refractivity (Wildman–Crippen MR) is 109 cm³/mol. The highest BCUT2D eigenvalue weighted by Crippen LogP contribution is 2.20. The van der Waals surface area contributed by atoms with Gasteiger partial charge in [0, 0.05) is 18.4 Å². The van der Waals surface area contributed by atoms with Crippen LogP contribution in [0.25, 0.3) is 0 Å². The average molecular weight is 399 g/mol. The molecule has 3 rings (SSSR count). The number of nitrogens with one attached hydrogen (secondary N) is 1. The SMILES string of the molecule is CCc1ccc(NC(=O)CSc2nc(CO)cn2Cc2ccc(F)cc2)cc1. The molecule has 1 amide bonds. The molecule has 0 bridgehead atoms. The molecule has 0 saturated carbocycles. The smallest absolute Gasteiger partial charge is 0.234 e. The second kappa shape index (κ2) is 9.52. The number of amides is 1. The van der Waals surface area contributed by atoms with Crippen molar-refractivity contribution in [3.8, 4) is 0 Å². The van der Waals surface area contributed by atoms with Gasteiger partial charge in [-0.2, -0.15) is 0 Å². The number of carbonyl (C=O) groups excluding carboxylic acids is 1. The minimum atomic E-state index is -0.288. The topological polar surface area (TPSA) is 67.2 Å². The quantitative estimate of drug-likeness (QED) is 0.565. The Morgan fingerprint density at radius 1 is 1.14 bits per heavy atom. The third-order valence-corrected chi connectivity index (χ3v) is 5.19. The first kappa shape index (κ1) is 20.1. The van der Waals surface area contributed by atoms with Crippen molar-refractivity contribution < 1.29 is 14.3 Å². The Kier molecular flexibility index (Phi) is 6.84. The molecule has 0 aliphatic carbocycles. The first-order valence-corrected chi connectivity index (χ1v) is 9.99. The van der Waals surface area contributed by atoms with Crippen LogP contribution in [0.5, 0.6) is 0 Å². The monoisotopic (exact) mass is 399 g/mol. The molecule has 1 heterocycles.